The molecule has 4 heterocycles. The van der Waals surface area contributed by atoms with Gasteiger partial charge in [0.1, 0.15) is 11.3 Å². The molecule has 2 aromatic heterocycles. The highest BCUT2D eigenvalue weighted by Crippen LogP contribution is 2.30. The minimum Gasteiger partial charge on any atom is -0.351 e. The molecule has 0 radical (unpaired) electrons. The Morgan fingerprint density at radius 2 is 1.96 bits per heavy atom. The maximum atomic E-state index is 4.99. The Labute approximate surface area is 148 Å². The number of aromatic nitrogens is 3. The maximum absolute atomic E-state index is 4.99. The lowest BCUT2D eigenvalue weighted by Gasteiger charge is -2.34. The molecule has 3 aliphatic rings. The molecule has 2 atom stereocenters. The summed E-state index contributed by atoms with van der Waals surface area (Å²) in [5, 5.41) is 3.70. The quantitative estimate of drug-likeness (QED) is 0.868. The van der Waals surface area contributed by atoms with Crippen LogP contribution < -0.4 is 5.32 Å². The van der Waals surface area contributed by atoms with Gasteiger partial charge in [-0.1, -0.05) is 12.8 Å². The summed E-state index contributed by atoms with van der Waals surface area (Å²) in [4.78, 5) is 16.7. The number of aryl methyl sites for hydroxylation is 1. The first kappa shape index (κ1) is 15.2. The molecule has 6 nitrogen and oxygen atoms in total. The molecule has 0 unspecified atom stereocenters. The zero-order chi connectivity index (χ0) is 16.8. The Kier molecular flexibility index (Phi) is 3.64. The van der Waals surface area contributed by atoms with Crippen LogP contribution in [0.4, 0.5) is 0 Å². The monoisotopic (exact) mass is 338 g/mol. The SMILES string of the molecule is Cc1nc2cccnc2n1C1CCN(C2=N[C@@H]3CCCC[C@H]3N2)CC1. The molecule has 2 fully saturated rings. The molecule has 1 N–H and O–H groups in total. The van der Waals surface area contributed by atoms with Crippen LogP contribution in [0.1, 0.15) is 50.4 Å². The first-order chi connectivity index (χ1) is 12.3. The number of hydrogen-bond donors (Lipinski definition) is 1. The van der Waals surface area contributed by atoms with Crippen molar-refractivity contribution < 1.29 is 0 Å². The highest BCUT2D eigenvalue weighted by atomic mass is 15.4. The first-order valence-electron chi connectivity index (χ1n) is 9.68. The molecule has 5 rings (SSSR count). The van der Waals surface area contributed by atoms with Crippen molar-refractivity contribution in [2.45, 2.75) is 63.6 Å². The van der Waals surface area contributed by atoms with Crippen molar-refractivity contribution in [1.29, 1.82) is 0 Å². The fraction of sp³-hybridized carbons (Fsp3) is 0.632. The van der Waals surface area contributed by atoms with Crippen LogP contribution in [0.2, 0.25) is 0 Å². The molecule has 2 aliphatic heterocycles. The summed E-state index contributed by atoms with van der Waals surface area (Å²) >= 11 is 0. The number of rotatable bonds is 1. The van der Waals surface area contributed by atoms with Crippen molar-refractivity contribution >= 4 is 17.1 Å². The number of aliphatic imine (C=N–C) groups is 1. The van der Waals surface area contributed by atoms with Crippen molar-refractivity contribution in [2.24, 2.45) is 4.99 Å². The van der Waals surface area contributed by atoms with E-state index < -0.39 is 0 Å². The molecule has 25 heavy (non-hydrogen) atoms. The maximum Gasteiger partial charge on any atom is 0.194 e. The molecule has 0 aromatic carbocycles. The van der Waals surface area contributed by atoms with Gasteiger partial charge in [-0.05, 0) is 44.7 Å². The van der Waals surface area contributed by atoms with Crippen molar-refractivity contribution in [1.82, 2.24) is 24.8 Å². The van der Waals surface area contributed by atoms with Gasteiger partial charge in [0.15, 0.2) is 11.6 Å². The van der Waals surface area contributed by atoms with E-state index in [0.29, 0.717) is 18.1 Å². The summed E-state index contributed by atoms with van der Waals surface area (Å²) in [5.41, 5.74) is 2.04. The van der Waals surface area contributed by atoms with E-state index >= 15 is 0 Å². The van der Waals surface area contributed by atoms with Gasteiger partial charge < -0.3 is 14.8 Å². The van der Waals surface area contributed by atoms with Crippen molar-refractivity contribution in [2.75, 3.05) is 13.1 Å². The number of imidazole rings is 1. The van der Waals surface area contributed by atoms with Crippen molar-refractivity contribution in [3.63, 3.8) is 0 Å². The van der Waals surface area contributed by atoms with Crippen LogP contribution in [-0.4, -0.2) is 50.6 Å². The second kappa shape index (κ2) is 6.00. The highest BCUT2D eigenvalue weighted by molar-refractivity contribution is 5.82. The molecule has 0 spiro atoms. The Hall–Kier alpha value is -2.11. The Morgan fingerprint density at radius 1 is 1.12 bits per heavy atom. The summed E-state index contributed by atoms with van der Waals surface area (Å²) in [6, 6.07) is 5.61. The van der Waals surface area contributed by atoms with E-state index in [1.165, 1.54) is 25.7 Å². The van der Waals surface area contributed by atoms with Gasteiger partial charge in [0.25, 0.3) is 0 Å². The number of likely N-dealkylation sites (tertiary alicyclic amines) is 1. The van der Waals surface area contributed by atoms with E-state index in [1.807, 2.05) is 12.3 Å². The van der Waals surface area contributed by atoms with E-state index in [9.17, 15) is 0 Å². The third kappa shape index (κ3) is 2.58. The molecular formula is C19H26N6. The molecule has 6 heteroatoms. The lowest BCUT2D eigenvalue weighted by molar-refractivity contribution is 0.261. The number of nitrogens with zero attached hydrogens (tertiary/aromatic N) is 5. The largest absolute Gasteiger partial charge is 0.351 e. The van der Waals surface area contributed by atoms with Crippen LogP contribution in [0.25, 0.3) is 11.2 Å². The van der Waals surface area contributed by atoms with Gasteiger partial charge in [0.2, 0.25) is 0 Å². The molecule has 0 bridgehead atoms. The number of nitrogens with one attached hydrogen (secondary N) is 1. The summed E-state index contributed by atoms with van der Waals surface area (Å²) in [5.74, 6) is 2.23. The second-order valence-corrected chi connectivity index (χ2v) is 7.65. The number of hydrogen-bond acceptors (Lipinski definition) is 5. The smallest absolute Gasteiger partial charge is 0.194 e. The van der Waals surface area contributed by atoms with Crippen LogP contribution in [0.5, 0.6) is 0 Å². The van der Waals surface area contributed by atoms with Gasteiger partial charge in [0, 0.05) is 25.3 Å². The molecule has 2 aromatic rings. The number of pyridine rings is 1. The third-order valence-corrected chi connectivity index (χ3v) is 6.09. The Morgan fingerprint density at radius 3 is 2.80 bits per heavy atom. The van der Waals surface area contributed by atoms with E-state index in [2.05, 4.69) is 37.7 Å². The van der Waals surface area contributed by atoms with Gasteiger partial charge >= 0.3 is 0 Å². The number of piperidine rings is 1. The third-order valence-electron chi connectivity index (χ3n) is 6.09. The topological polar surface area (TPSA) is 58.3 Å². The molecule has 132 valence electrons. The van der Waals surface area contributed by atoms with Gasteiger partial charge in [-0.15, -0.1) is 0 Å². The number of fused-ring (bicyclic) bond motifs is 2. The van der Waals surface area contributed by atoms with Crippen LogP contribution >= 0.6 is 0 Å². The standard InChI is InChI=1S/C19H26N6/c1-13-21-17-7-4-10-20-18(17)25(13)14-8-11-24(12-9-14)19-22-15-5-2-3-6-16(15)23-19/h4,7,10,14-16H,2-3,5-6,8-9,11-12H2,1H3,(H,22,23)/t15-,16-/m1/s1. The van der Waals surface area contributed by atoms with E-state index in [0.717, 1.165) is 48.9 Å². The van der Waals surface area contributed by atoms with Crippen molar-refractivity contribution in [3.8, 4) is 0 Å². The predicted molar refractivity (Wildman–Crippen MR) is 98.7 cm³/mol. The normalized spacial score (nSPS) is 27.2. The van der Waals surface area contributed by atoms with Gasteiger partial charge in [-0.3, -0.25) is 0 Å². The summed E-state index contributed by atoms with van der Waals surface area (Å²) < 4.78 is 2.34. The van der Waals surface area contributed by atoms with Gasteiger partial charge in [0.05, 0.1) is 12.1 Å². The summed E-state index contributed by atoms with van der Waals surface area (Å²) in [7, 11) is 0. The zero-order valence-electron chi connectivity index (χ0n) is 14.9. The number of guanidine groups is 1. The average molecular weight is 338 g/mol. The van der Waals surface area contributed by atoms with Crippen LogP contribution in [-0.2, 0) is 0 Å². The fourth-order valence-electron chi connectivity index (χ4n) is 4.78. The fourth-order valence-corrected chi connectivity index (χ4v) is 4.78. The van der Waals surface area contributed by atoms with Gasteiger partial charge in [-0.25, -0.2) is 15.0 Å². The van der Waals surface area contributed by atoms with E-state index in [4.69, 9.17) is 4.99 Å². The van der Waals surface area contributed by atoms with Crippen LogP contribution in [0, 0.1) is 6.92 Å². The Bertz CT molecular complexity index is 801. The first-order valence-corrected chi connectivity index (χ1v) is 9.68. The molecular weight excluding hydrogens is 312 g/mol. The minimum absolute atomic E-state index is 0.487. The van der Waals surface area contributed by atoms with Crippen molar-refractivity contribution in [3.05, 3.63) is 24.2 Å². The van der Waals surface area contributed by atoms with Gasteiger partial charge in [-0.2, -0.15) is 0 Å². The molecule has 0 amide bonds. The van der Waals surface area contributed by atoms with Crippen LogP contribution in [0.3, 0.4) is 0 Å². The highest BCUT2D eigenvalue weighted by Gasteiger charge is 2.34. The van der Waals surface area contributed by atoms with Crippen LogP contribution in [0.15, 0.2) is 23.3 Å². The summed E-state index contributed by atoms with van der Waals surface area (Å²) in [6.07, 6.45) is 9.33. The minimum atomic E-state index is 0.487. The predicted octanol–water partition coefficient (Wildman–Crippen LogP) is 2.65. The molecule has 1 saturated heterocycles. The van der Waals surface area contributed by atoms with E-state index in [1.54, 1.807) is 0 Å². The Balaban J connectivity index is 1.31. The molecule has 1 saturated carbocycles. The lowest BCUT2D eigenvalue weighted by Crippen LogP contribution is -2.47. The lowest BCUT2D eigenvalue weighted by atomic mass is 9.92. The van der Waals surface area contributed by atoms with E-state index in [-0.39, 0.29) is 0 Å². The average Bonchev–Trinajstić information content (AvgIpc) is 3.22. The molecule has 1 aliphatic carbocycles. The second-order valence-electron chi connectivity index (χ2n) is 7.65. The summed E-state index contributed by atoms with van der Waals surface area (Å²) in [6.45, 7) is 4.21. The zero-order valence-corrected chi connectivity index (χ0v) is 14.9.